The van der Waals surface area contributed by atoms with Gasteiger partial charge in [0.15, 0.2) is 0 Å². The van der Waals surface area contributed by atoms with Crippen molar-refractivity contribution in [3.63, 3.8) is 0 Å². The van der Waals surface area contributed by atoms with Gasteiger partial charge >= 0.3 is 6.09 Å². The van der Waals surface area contributed by atoms with Gasteiger partial charge in [0.25, 0.3) is 0 Å². The smallest absolute Gasteiger partial charge is 0.410 e. The van der Waals surface area contributed by atoms with Crippen LogP contribution < -0.4 is 5.32 Å². The SMILES string of the molecule is CC(C)(C)OC(=O)N1CCN([C@@H]2Cc3ccccc3NC2=O)CC1. The maximum Gasteiger partial charge on any atom is 0.410 e. The lowest BCUT2D eigenvalue weighted by molar-refractivity contribution is -0.122. The van der Waals surface area contributed by atoms with E-state index in [0.717, 1.165) is 11.3 Å². The van der Waals surface area contributed by atoms with Crippen LogP contribution in [0.2, 0.25) is 0 Å². The van der Waals surface area contributed by atoms with Gasteiger partial charge < -0.3 is 15.0 Å². The molecule has 130 valence electrons. The van der Waals surface area contributed by atoms with Gasteiger partial charge in [-0.15, -0.1) is 0 Å². The highest BCUT2D eigenvalue weighted by molar-refractivity contribution is 5.98. The molecular formula is C18H25N3O3. The molecule has 0 spiro atoms. The highest BCUT2D eigenvalue weighted by Gasteiger charge is 2.34. The molecule has 1 aromatic carbocycles. The third-order valence-corrected chi connectivity index (χ3v) is 4.40. The number of nitrogens with one attached hydrogen (secondary N) is 1. The number of carbonyl (C=O) groups excluding carboxylic acids is 2. The molecule has 24 heavy (non-hydrogen) atoms. The van der Waals surface area contributed by atoms with E-state index < -0.39 is 5.60 Å². The Morgan fingerprint density at radius 3 is 2.50 bits per heavy atom. The van der Waals surface area contributed by atoms with Crippen molar-refractivity contribution in [3.05, 3.63) is 29.8 Å². The normalized spacial score (nSPS) is 21.9. The summed E-state index contributed by atoms with van der Waals surface area (Å²) in [5.74, 6) is 0.0411. The van der Waals surface area contributed by atoms with Crippen molar-refractivity contribution in [3.8, 4) is 0 Å². The van der Waals surface area contributed by atoms with Crippen LogP contribution >= 0.6 is 0 Å². The van der Waals surface area contributed by atoms with Gasteiger partial charge in [-0.1, -0.05) is 18.2 Å². The summed E-state index contributed by atoms with van der Waals surface area (Å²) in [6.45, 7) is 8.13. The summed E-state index contributed by atoms with van der Waals surface area (Å²) >= 11 is 0. The van der Waals surface area contributed by atoms with Gasteiger partial charge in [-0.05, 0) is 38.8 Å². The topological polar surface area (TPSA) is 61.9 Å². The number of ether oxygens (including phenoxy) is 1. The number of benzene rings is 1. The molecule has 1 atom stereocenters. The van der Waals surface area contributed by atoms with E-state index >= 15 is 0 Å². The van der Waals surface area contributed by atoms with Gasteiger partial charge in [-0.3, -0.25) is 9.69 Å². The zero-order valence-corrected chi connectivity index (χ0v) is 14.5. The first-order valence-corrected chi connectivity index (χ1v) is 8.44. The van der Waals surface area contributed by atoms with E-state index in [0.29, 0.717) is 32.6 Å². The largest absolute Gasteiger partial charge is 0.444 e. The average Bonchev–Trinajstić information content (AvgIpc) is 2.53. The molecular weight excluding hydrogens is 306 g/mol. The Hall–Kier alpha value is -2.08. The summed E-state index contributed by atoms with van der Waals surface area (Å²) < 4.78 is 5.41. The standard InChI is InChI=1S/C18H25N3O3/c1-18(2,3)24-17(23)21-10-8-20(9-11-21)15-12-13-6-4-5-7-14(13)19-16(15)22/h4-7,15H,8-12H2,1-3H3,(H,19,22)/t15-/m1/s1. The van der Waals surface area contributed by atoms with Crippen molar-refractivity contribution < 1.29 is 14.3 Å². The number of amides is 2. The summed E-state index contributed by atoms with van der Waals surface area (Å²) in [6, 6.07) is 7.75. The van der Waals surface area contributed by atoms with Crippen LogP contribution in [0, 0.1) is 0 Å². The number of anilines is 1. The van der Waals surface area contributed by atoms with Crippen LogP contribution in [0.15, 0.2) is 24.3 Å². The lowest BCUT2D eigenvalue weighted by Gasteiger charge is -2.40. The Morgan fingerprint density at radius 2 is 1.83 bits per heavy atom. The van der Waals surface area contributed by atoms with E-state index in [1.807, 2.05) is 39.0 Å². The highest BCUT2D eigenvalue weighted by atomic mass is 16.6. The summed E-state index contributed by atoms with van der Waals surface area (Å²) in [5, 5.41) is 2.99. The van der Waals surface area contributed by atoms with Crippen LogP contribution in [0.3, 0.4) is 0 Å². The fraction of sp³-hybridized carbons (Fsp3) is 0.556. The lowest BCUT2D eigenvalue weighted by Crippen LogP contribution is -2.57. The number of hydrogen-bond donors (Lipinski definition) is 1. The number of fused-ring (bicyclic) bond motifs is 1. The third kappa shape index (κ3) is 3.70. The zero-order chi connectivity index (χ0) is 17.3. The van der Waals surface area contributed by atoms with Gasteiger partial charge in [0.1, 0.15) is 5.60 Å². The first kappa shape index (κ1) is 16.8. The van der Waals surface area contributed by atoms with E-state index in [-0.39, 0.29) is 18.0 Å². The second-order valence-corrected chi connectivity index (χ2v) is 7.37. The second kappa shape index (κ2) is 6.43. The van der Waals surface area contributed by atoms with E-state index in [4.69, 9.17) is 4.74 Å². The Balaban J connectivity index is 1.59. The van der Waals surface area contributed by atoms with Crippen LogP contribution in [0.1, 0.15) is 26.3 Å². The average molecular weight is 331 g/mol. The molecule has 0 unspecified atom stereocenters. The third-order valence-electron chi connectivity index (χ3n) is 4.40. The molecule has 2 aliphatic rings. The number of piperazine rings is 1. The van der Waals surface area contributed by atoms with Crippen LogP contribution in [0.4, 0.5) is 10.5 Å². The van der Waals surface area contributed by atoms with Gasteiger partial charge in [-0.25, -0.2) is 4.79 Å². The summed E-state index contributed by atoms with van der Waals surface area (Å²) in [6.07, 6.45) is 0.439. The molecule has 6 heteroatoms. The summed E-state index contributed by atoms with van der Waals surface area (Å²) in [4.78, 5) is 28.4. The minimum Gasteiger partial charge on any atom is -0.444 e. The van der Waals surface area contributed by atoms with E-state index in [1.165, 1.54) is 0 Å². The van der Waals surface area contributed by atoms with E-state index in [2.05, 4.69) is 16.3 Å². The summed E-state index contributed by atoms with van der Waals surface area (Å²) in [7, 11) is 0. The zero-order valence-electron chi connectivity index (χ0n) is 14.5. The minimum absolute atomic E-state index is 0.0411. The highest BCUT2D eigenvalue weighted by Crippen LogP contribution is 2.25. The van der Waals surface area contributed by atoms with Crippen LogP contribution in [0.5, 0.6) is 0 Å². The van der Waals surface area contributed by atoms with Crippen molar-refractivity contribution in [2.75, 3.05) is 31.5 Å². The molecule has 0 aromatic heterocycles. The predicted octanol–water partition coefficient (Wildman–Crippen LogP) is 2.10. The molecule has 1 saturated heterocycles. The predicted molar refractivity (Wildman–Crippen MR) is 91.9 cm³/mol. The van der Waals surface area contributed by atoms with Gasteiger partial charge in [-0.2, -0.15) is 0 Å². The second-order valence-electron chi connectivity index (χ2n) is 7.37. The van der Waals surface area contributed by atoms with Crippen molar-refractivity contribution in [1.29, 1.82) is 0 Å². The molecule has 1 fully saturated rings. The molecule has 2 heterocycles. The number of carbonyl (C=O) groups is 2. The Bertz CT molecular complexity index is 631. The van der Waals surface area contributed by atoms with Crippen LogP contribution in [-0.4, -0.2) is 59.6 Å². The first-order chi connectivity index (χ1) is 11.3. The molecule has 6 nitrogen and oxygen atoms in total. The quantitative estimate of drug-likeness (QED) is 0.856. The van der Waals surface area contributed by atoms with E-state index in [1.54, 1.807) is 4.90 Å². The minimum atomic E-state index is -0.485. The Kier molecular flexibility index (Phi) is 4.49. The first-order valence-electron chi connectivity index (χ1n) is 8.44. The molecule has 0 radical (unpaired) electrons. The van der Waals surface area contributed by atoms with Crippen molar-refractivity contribution >= 4 is 17.7 Å². The summed E-state index contributed by atoms with van der Waals surface area (Å²) in [5.41, 5.74) is 1.59. The molecule has 1 aromatic rings. The van der Waals surface area contributed by atoms with Gasteiger partial charge in [0.2, 0.25) is 5.91 Å². The molecule has 2 amide bonds. The lowest BCUT2D eigenvalue weighted by atomic mass is 9.97. The number of rotatable bonds is 1. The fourth-order valence-electron chi connectivity index (χ4n) is 3.17. The molecule has 2 aliphatic heterocycles. The number of hydrogen-bond acceptors (Lipinski definition) is 4. The van der Waals surface area contributed by atoms with Crippen molar-refractivity contribution in [2.45, 2.75) is 38.8 Å². The van der Waals surface area contributed by atoms with Crippen LogP contribution in [-0.2, 0) is 16.0 Å². The Morgan fingerprint density at radius 1 is 1.17 bits per heavy atom. The molecule has 0 aliphatic carbocycles. The fourth-order valence-corrected chi connectivity index (χ4v) is 3.17. The monoisotopic (exact) mass is 331 g/mol. The van der Waals surface area contributed by atoms with Crippen molar-refractivity contribution in [2.24, 2.45) is 0 Å². The maximum absolute atomic E-state index is 12.4. The molecule has 0 bridgehead atoms. The van der Waals surface area contributed by atoms with Gasteiger partial charge in [0, 0.05) is 31.9 Å². The maximum atomic E-state index is 12.4. The molecule has 1 N–H and O–H groups in total. The molecule has 0 saturated carbocycles. The number of nitrogens with zero attached hydrogens (tertiary/aromatic N) is 2. The number of para-hydroxylation sites is 1. The Labute approximate surface area is 142 Å². The molecule has 3 rings (SSSR count). The van der Waals surface area contributed by atoms with E-state index in [9.17, 15) is 9.59 Å². The van der Waals surface area contributed by atoms with Crippen LogP contribution in [0.25, 0.3) is 0 Å². The van der Waals surface area contributed by atoms with Crippen molar-refractivity contribution in [1.82, 2.24) is 9.80 Å². The van der Waals surface area contributed by atoms with Gasteiger partial charge in [0.05, 0.1) is 6.04 Å².